The zero-order valence-corrected chi connectivity index (χ0v) is 16.0. The Bertz CT molecular complexity index is 1040. The molecule has 2 N–H and O–H groups in total. The molecule has 1 fully saturated rings. The predicted molar refractivity (Wildman–Crippen MR) is 109 cm³/mol. The molecular formula is C21H19ClN4O2. The van der Waals surface area contributed by atoms with Gasteiger partial charge in [-0.15, -0.1) is 0 Å². The fraction of sp³-hybridized carbons (Fsp3) is 0.190. The Balaban J connectivity index is 1.44. The molecule has 1 heterocycles. The maximum Gasteiger partial charge on any atom is 0.255 e. The van der Waals surface area contributed by atoms with Gasteiger partial charge in [0.05, 0.1) is 6.20 Å². The Hall–Kier alpha value is -3.12. The van der Waals surface area contributed by atoms with E-state index in [0.717, 1.165) is 24.1 Å². The maximum atomic E-state index is 12.5. The molecule has 0 atom stereocenters. The molecule has 142 valence electrons. The summed E-state index contributed by atoms with van der Waals surface area (Å²) in [5.74, 6) is 0.467. The van der Waals surface area contributed by atoms with Crippen molar-refractivity contribution >= 4 is 34.9 Å². The maximum absolute atomic E-state index is 12.5. The standard InChI is InChI=1S/C21H19ClN4O2/c1-13-17(22)3-2-4-18(13)24-20(27)15-7-9-16(10-8-15)26-11-19(23-12-26)25-21(28)14-5-6-14/h2-4,7-12,14H,5-6H2,1H3,(H,24,27)(H,25,28). The van der Waals surface area contributed by atoms with Crippen LogP contribution in [0.2, 0.25) is 5.02 Å². The third-order valence-electron chi connectivity index (χ3n) is 4.73. The zero-order valence-electron chi connectivity index (χ0n) is 15.3. The summed E-state index contributed by atoms with van der Waals surface area (Å²) in [6, 6.07) is 12.5. The number of nitrogens with one attached hydrogen (secondary N) is 2. The minimum absolute atomic E-state index is 0.0218. The molecule has 1 aromatic heterocycles. The molecular weight excluding hydrogens is 376 g/mol. The molecule has 28 heavy (non-hydrogen) atoms. The second-order valence-corrected chi connectivity index (χ2v) is 7.25. The molecule has 0 spiro atoms. The van der Waals surface area contributed by atoms with Crippen LogP contribution in [0.15, 0.2) is 55.0 Å². The van der Waals surface area contributed by atoms with Gasteiger partial charge in [0.15, 0.2) is 5.82 Å². The highest BCUT2D eigenvalue weighted by Gasteiger charge is 2.29. The number of carbonyl (C=O) groups is 2. The van der Waals surface area contributed by atoms with Crippen molar-refractivity contribution in [2.75, 3.05) is 10.6 Å². The normalized spacial score (nSPS) is 13.2. The lowest BCUT2D eigenvalue weighted by molar-refractivity contribution is -0.117. The molecule has 4 rings (SSSR count). The molecule has 1 aliphatic rings. The molecule has 1 aliphatic carbocycles. The summed E-state index contributed by atoms with van der Waals surface area (Å²) < 4.78 is 1.80. The molecule has 7 heteroatoms. The topological polar surface area (TPSA) is 76.0 Å². The van der Waals surface area contributed by atoms with Gasteiger partial charge in [-0.05, 0) is 61.7 Å². The highest BCUT2D eigenvalue weighted by molar-refractivity contribution is 6.31. The van der Waals surface area contributed by atoms with E-state index in [2.05, 4.69) is 15.6 Å². The number of nitrogens with zero attached hydrogens (tertiary/aromatic N) is 2. The Labute approximate surface area is 167 Å². The number of benzene rings is 2. The van der Waals surface area contributed by atoms with Crippen molar-refractivity contribution in [1.29, 1.82) is 0 Å². The van der Waals surface area contributed by atoms with E-state index in [-0.39, 0.29) is 17.7 Å². The van der Waals surface area contributed by atoms with Gasteiger partial charge < -0.3 is 15.2 Å². The van der Waals surface area contributed by atoms with Crippen molar-refractivity contribution in [1.82, 2.24) is 9.55 Å². The van der Waals surface area contributed by atoms with Gasteiger partial charge in [-0.3, -0.25) is 9.59 Å². The molecule has 1 saturated carbocycles. The molecule has 0 aliphatic heterocycles. The van der Waals surface area contributed by atoms with Crippen molar-refractivity contribution in [2.24, 2.45) is 5.92 Å². The second-order valence-electron chi connectivity index (χ2n) is 6.84. The van der Waals surface area contributed by atoms with Gasteiger partial charge in [0.1, 0.15) is 6.33 Å². The van der Waals surface area contributed by atoms with Crippen LogP contribution < -0.4 is 10.6 Å². The minimum atomic E-state index is -0.208. The molecule has 0 unspecified atom stereocenters. The highest BCUT2D eigenvalue weighted by atomic mass is 35.5. The number of hydrogen-bond acceptors (Lipinski definition) is 3. The van der Waals surface area contributed by atoms with E-state index in [4.69, 9.17) is 11.6 Å². The first kappa shape index (κ1) is 18.3. The van der Waals surface area contributed by atoms with Crippen LogP contribution in [0.1, 0.15) is 28.8 Å². The molecule has 2 amide bonds. The number of rotatable bonds is 5. The van der Waals surface area contributed by atoms with Crippen LogP contribution in [-0.4, -0.2) is 21.4 Å². The van der Waals surface area contributed by atoms with Gasteiger partial charge in [0, 0.05) is 27.9 Å². The van der Waals surface area contributed by atoms with Crippen molar-refractivity contribution in [3.63, 3.8) is 0 Å². The van der Waals surface area contributed by atoms with Crippen LogP contribution >= 0.6 is 11.6 Å². The number of hydrogen-bond donors (Lipinski definition) is 2. The first-order chi connectivity index (χ1) is 13.5. The van der Waals surface area contributed by atoms with Crippen molar-refractivity contribution in [3.05, 3.63) is 71.1 Å². The number of carbonyl (C=O) groups excluding carboxylic acids is 2. The van der Waals surface area contributed by atoms with E-state index in [0.29, 0.717) is 22.1 Å². The van der Waals surface area contributed by atoms with Gasteiger partial charge >= 0.3 is 0 Å². The summed E-state index contributed by atoms with van der Waals surface area (Å²) in [6.45, 7) is 1.86. The molecule has 0 bridgehead atoms. The van der Waals surface area contributed by atoms with Gasteiger partial charge in [0.25, 0.3) is 5.91 Å². The number of imidazole rings is 1. The number of halogens is 1. The number of aromatic nitrogens is 2. The second kappa shape index (κ2) is 7.48. The van der Waals surface area contributed by atoms with Crippen LogP contribution in [-0.2, 0) is 4.79 Å². The first-order valence-corrected chi connectivity index (χ1v) is 9.41. The van der Waals surface area contributed by atoms with Crippen LogP contribution in [0.4, 0.5) is 11.5 Å². The zero-order chi connectivity index (χ0) is 19.7. The van der Waals surface area contributed by atoms with E-state index >= 15 is 0 Å². The lowest BCUT2D eigenvalue weighted by Crippen LogP contribution is -2.13. The van der Waals surface area contributed by atoms with E-state index in [9.17, 15) is 9.59 Å². The summed E-state index contributed by atoms with van der Waals surface area (Å²) in [5.41, 5.74) is 2.89. The van der Waals surface area contributed by atoms with Gasteiger partial charge in [-0.2, -0.15) is 0 Å². The summed E-state index contributed by atoms with van der Waals surface area (Å²) in [5, 5.41) is 6.30. The highest BCUT2D eigenvalue weighted by Crippen LogP contribution is 2.30. The monoisotopic (exact) mass is 394 g/mol. The molecule has 0 radical (unpaired) electrons. The Morgan fingerprint density at radius 1 is 1.11 bits per heavy atom. The van der Waals surface area contributed by atoms with Crippen LogP contribution in [0.3, 0.4) is 0 Å². The van der Waals surface area contributed by atoms with Crippen molar-refractivity contribution in [3.8, 4) is 5.69 Å². The first-order valence-electron chi connectivity index (χ1n) is 9.03. The average Bonchev–Trinajstić information content (AvgIpc) is 3.45. The van der Waals surface area contributed by atoms with E-state index in [1.807, 2.05) is 25.1 Å². The summed E-state index contributed by atoms with van der Waals surface area (Å²) in [7, 11) is 0. The average molecular weight is 395 g/mol. The Morgan fingerprint density at radius 2 is 1.86 bits per heavy atom. The molecule has 6 nitrogen and oxygen atoms in total. The van der Waals surface area contributed by atoms with Gasteiger partial charge in [-0.25, -0.2) is 4.98 Å². The third-order valence-corrected chi connectivity index (χ3v) is 5.13. The van der Waals surface area contributed by atoms with E-state index in [1.54, 1.807) is 41.4 Å². The van der Waals surface area contributed by atoms with Crippen LogP contribution in [0.5, 0.6) is 0 Å². The van der Waals surface area contributed by atoms with E-state index in [1.165, 1.54) is 0 Å². The smallest absolute Gasteiger partial charge is 0.255 e. The quantitative estimate of drug-likeness (QED) is 0.671. The molecule has 2 aromatic carbocycles. The lowest BCUT2D eigenvalue weighted by Gasteiger charge is -2.10. The predicted octanol–water partition coefficient (Wildman–Crippen LogP) is 4.43. The summed E-state index contributed by atoms with van der Waals surface area (Å²) in [4.78, 5) is 28.5. The van der Waals surface area contributed by atoms with Crippen molar-refractivity contribution < 1.29 is 9.59 Å². The minimum Gasteiger partial charge on any atom is -0.322 e. The number of anilines is 2. The fourth-order valence-corrected chi connectivity index (χ4v) is 3.00. The largest absolute Gasteiger partial charge is 0.322 e. The molecule has 3 aromatic rings. The van der Waals surface area contributed by atoms with E-state index < -0.39 is 0 Å². The lowest BCUT2D eigenvalue weighted by atomic mass is 10.1. The summed E-state index contributed by atoms with van der Waals surface area (Å²) in [6.07, 6.45) is 5.28. The number of amides is 2. The van der Waals surface area contributed by atoms with Crippen LogP contribution in [0.25, 0.3) is 5.69 Å². The van der Waals surface area contributed by atoms with Crippen molar-refractivity contribution in [2.45, 2.75) is 19.8 Å². The molecule has 0 saturated heterocycles. The summed E-state index contributed by atoms with van der Waals surface area (Å²) >= 11 is 6.10. The van der Waals surface area contributed by atoms with Crippen LogP contribution in [0, 0.1) is 12.8 Å². The van der Waals surface area contributed by atoms with Gasteiger partial charge in [0.2, 0.25) is 5.91 Å². The fourth-order valence-electron chi connectivity index (χ4n) is 2.82. The Kier molecular flexibility index (Phi) is 4.88. The van der Waals surface area contributed by atoms with Gasteiger partial charge in [-0.1, -0.05) is 17.7 Å². The SMILES string of the molecule is Cc1c(Cl)cccc1NC(=O)c1ccc(-n2cnc(NC(=O)C3CC3)c2)cc1. The third kappa shape index (κ3) is 3.92. The Morgan fingerprint density at radius 3 is 2.57 bits per heavy atom.